The van der Waals surface area contributed by atoms with Gasteiger partial charge in [-0.1, -0.05) is 26.0 Å². The van der Waals surface area contributed by atoms with Crippen molar-refractivity contribution in [2.75, 3.05) is 14.2 Å². The lowest BCUT2D eigenvalue weighted by Crippen LogP contribution is -2.51. The van der Waals surface area contributed by atoms with Crippen molar-refractivity contribution in [3.8, 4) is 11.5 Å². The van der Waals surface area contributed by atoms with Crippen LogP contribution < -0.4 is 9.47 Å². The molecule has 2 aliphatic rings. The van der Waals surface area contributed by atoms with E-state index >= 15 is 8.63 Å². The fourth-order valence-electron chi connectivity index (χ4n) is 5.82. The molecule has 170 valence electrons. The van der Waals surface area contributed by atoms with Gasteiger partial charge in [0, 0.05) is 29.3 Å². The van der Waals surface area contributed by atoms with Gasteiger partial charge in [0.25, 0.3) is 0 Å². The highest BCUT2D eigenvalue weighted by molar-refractivity contribution is 6.58. The van der Waals surface area contributed by atoms with Crippen LogP contribution in [-0.4, -0.2) is 35.9 Å². The summed E-state index contributed by atoms with van der Waals surface area (Å²) in [5.41, 5.74) is 7.66. The third-order valence-corrected chi connectivity index (χ3v) is 7.17. The normalized spacial score (nSPS) is 17.2. The zero-order valence-electron chi connectivity index (χ0n) is 20.2. The maximum Gasteiger partial charge on any atom is 0.737 e. The quantitative estimate of drug-likeness (QED) is 0.542. The van der Waals surface area contributed by atoms with Crippen LogP contribution in [0, 0.1) is 13.8 Å². The van der Waals surface area contributed by atoms with Gasteiger partial charge in [0.05, 0.1) is 19.8 Å². The van der Waals surface area contributed by atoms with E-state index in [1.54, 1.807) is 14.2 Å². The van der Waals surface area contributed by atoms with Gasteiger partial charge in [-0.2, -0.15) is 0 Å². The highest BCUT2D eigenvalue weighted by Crippen LogP contribution is 2.49. The zero-order valence-corrected chi connectivity index (χ0v) is 20.2. The molecule has 2 aromatic rings. The Bertz CT molecular complexity index is 1240. The highest BCUT2D eigenvalue weighted by Gasteiger charge is 2.57. The Morgan fingerprint density at radius 3 is 2.25 bits per heavy atom. The van der Waals surface area contributed by atoms with Crippen LogP contribution >= 0.6 is 0 Å². The highest BCUT2D eigenvalue weighted by atomic mass is 19.2. The number of para-hydroxylation sites is 1. The van der Waals surface area contributed by atoms with E-state index < -0.39 is 6.97 Å². The molecular weight excluding hydrogens is 409 g/mol. The number of methoxy groups -OCH3 is 2. The lowest BCUT2D eigenvalue weighted by Gasteiger charge is -2.34. The summed E-state index contributed by atoms with van der Waals surface area (Å²) in [7, 11) is 3.18. The van der Waals surface area contributed by atoms with Crippen molar-refractivity contribution in [2.45, 2.75) is 54.4 Å². The Kier molecular flexibility index (Phi) is 5.34. The minimum absolute atomic E-state index is 0.549. The molecule has 0 N–H and O–H groups in total. The second-order valence-corrected chi connectivity index (χ2v) is 8.53. The molecule has 0 atom stereocenters. The van der Waals surface area contributed by atoms with Gasteiger partial charge < -0.3 is 27.1 Å². The van der Waals surface area contributed by atoms with Gasteiger partial charge in [-0.05, 0) is 56.5 Å². The SMILES string of the molecule is CCC1=C(C)C2=C(c3cccc(OC)c3OC)c3c(C)c(CC)c(C)n3[B-](F)(F)[N+]2=C1C. The van der Waals surface area contributed by atoms with E-state index in [1.165, 1.54) is 8.96 Å². The van der Waals surface area contributed by atoms with Crippen molar-refractivity contribution >= 4 is 18.3 Å². The maximum atomic E-state index is 16.3. The van der Waals surface area contributed by atoms with Crippen LogP contribution in [-0.2, 0) is 6.42 Å². The van der Waals surface area contributed by atoms with Crippen molar-refractivity contribution in [1.29, 1.82) is 0 Å². The number of nitrogens with zero attached hydrogens (tertiary/aromatic N) is 2. The number of fused-ring (bicyclic) bond motifs is 2. The van der Waals surface area contributed by atoms with Crippen LogP contribution in [0.3, 0.4) is 0 Å². The van der Waals surface area contributed by atoms with Crippen LogP contribution in [0.2, 0.25) is 0 Å². The number of hydrogen-bond acceptors (Lipinski definition) is 2. The lowest BCUT2D eigenvalue weighted by molar-refractivity contribution is -0.363. The van der Waals surface area contributed by atoms with E-state index in [1.807, 2.05) is 59.7 Å². The summed E-state index contributed by atoms with van der Waals surface area (Å²) >= 11 is 0. The number of halogens is 2. The molecule has 0 saturated heterocycles. The molecule has 7 heteroatoms. The van der Waals surface area contributed by atoms with E-state index in [0.717, 1.165) is 33.4 Å². The fraction of sp³-hybridized carbons (Fsp3) is 0.400. The summed E-state index contributed by atoms with van der Waals surface area (Å²) in [6, 6.07) is 5.64. The van der Waals surface area contributed by atoms with Gasteiger partial charge in [-0.25, -0.2) is 0 Å². The first-order valence-corrected chi connectivity index (χ1v) is 11.2. The number of ether oxygens (including phenoxy) is 2. The molecule has 4 rings (SSSR count). The number of rotatable bonds is 5. The Morgan fingerprint density at radius 2 is 1.69 bits per heavy atom. The first-order chi connectivity index (χ1) is 15.2. The van der Waals surface area contributed by atoms with Gasteiger partial charge in [-0.15, -0.1) is 0 Å². The molecule has 0 spiro atoms. The monoisotopic (exact) mass is 440 g/mol. The number of aromatic nitrogens is 1. The van der Waals surface area contributed by atoms with Crippen molar-refractivity contribution < 1.29 is 22.6 Å². The summed E-state index contributed by atoms with van der Waals surface area (Å²) in [6.07, 6.45) is 1.39. The molecule has 32 heavy (non-hydrogen) atoms. The fourth-order valence-corrected chi connectivity index (χ4v) is 5.82. The van der Waals surface area contributed by atoms with Crippen LogP contribution in [0.25, 0.3) is 5.57 Å². The summed E-state index contributed by atoms with van der Waals surface area (Å²) in [5.74, 6) is 1.13. The van der Waals surface area contributed by atoms with Gasteiger partial charge in [0.15, 0.2) is 17.2 Å². The summed E-state index contributed by atoms with van der Waals surface area (Å²) in [5, 5.41) is 0. The van der Waals surface area contributed by atoms with Crippen LogP contribution in [0.15, 0.2) is 35.0 Å². The third kappa shape index (κ3) is 2.69. The Hall–Kier alpha value is -2.83. The van der Waals surface area contributed by atoms with Crippen LogP contribution in [0.1, 0.15) is 62.2 Å². The number of allylic oxidation sites excluding steroid dienone is 2. The van der Waals surface area contributed by atoms with E-state index in [2.05, 4.69) is 0 Å². The minimum Gasteiger partial charge on any atom is -0.493 e. The van der Waals surface area contributed by atoms with Crippen molar-refractivity contribution in [1.82, 2.24) is 4.48 Å². The molecule has 0 unspecified atom stereocenters. The average molecular weight is 440 g/mol. The summed E-state index contributed by atoms with van der Waals surface area (Å²) in [4.78, 5) is 0. The second-order valence-electron chi connectivity index (χ2n) is 8.53. The number of benzene rings is 1. The Labute approximate surface area is 188 Å². The second kappa shape index (κ2) is 7.64. The maximum absolute atomic E-state index is 16.3. The molecular formula is C25H31BF2N2O2. The zero-order chi connectivity index (χ0) is 23.5. The van der Waals surface area contributed by atoms with E-state index in [-0.39, 0.29) is 0 Å². The molecule has 0 amide bonds. The molecule has 3 heterocycles. The standard InChI is InChI=1S/C25H31BF2N2O2/c1-9-18-14(3)23-22(20-12-11-13-21(31-7)25(20)32-8)24-15(4)19(10-2)17(6)30(24)26(27,28)29(23)16(18)5/h11-13H,9-10H2,1-8H3. The molecule has 1 aromatic carbocycles. The summed E-state index contributed by atoms with van der Waals surface area (Å²) < 4.78 is 46.5. The first-order valence-electron chi connectivity index (χ1n) is 11.2. The molecule has 0 aliphatic carbocycles. The predicted octanol–water partition coefficient (Wildman–Crippen LogP) is 5.89. The van der Waals surface area contributed by atoms with E-state index in [0.29, 0.717) is 47.1 Å². The van der Waals surface area contributed by atoms with Gasteiger partial charge in [0.1, 0.15) is 5.71 Å². The van der Waals surface area contributed by atoms with Crippen molar-refractivity contribution in [3.63, 3.8) is 0 Å². The van der Waals surface area contributed by atoms with Crippen LogP contribution in [0.5, 0.6) is 11.5 Å². The van der Waals surface area contributed by atoms with Crippen molar-refractivity contribution in [2.24, 2.45) is 0 Å². The van der Waals surface area contributed by atoms with Gasteiger partial charge >= 0.3 is 6.97 Å². The molecule has 1 aromatic heterocycles. The average Bonchev–Trinajstić information content (AvgIpc) is 3.18. The number of hydrogen-bond donors (Lipinski definition) is 0. The lowest BCUT2D eigenvalue weighted by atomic mass is 9.83. The van der Waals surface area contributed by atoms with Gasteiger partial charge in [-0.3, -0.25) is 0 Å². The first kappa shape index (κ1) is 22.4. The van der Waals surface area contributed by atoms with E-state index in [9.17, 15) is 0 Å². The Balaban J connectivity index is 2.26. The smallest absolute Gasteiger partial charge is 0.493 e. The van der Waals surface area contributed by atoms with E-state index in [4.69, 9.17) is 9.47 Å². The third-order valence-electron chi connectivity index (χ3n) is 7.17. The minimum atomic E-state index is -4.05. The molecule has 2 aliphatic heterocycles. The Morgan fingerprint density at radius 1 is 1.00 bits per heavy atom. The molecule has 0 fully saturated rings. The predicted molar refractivity (Wildman–Crippen MR) is 126 cm³/mol. The van der Waals surface area contributed by atoms with Crippen LogP contribution in [0.4, 0.5) is 8.63 Å². The molecule has 4 nitrogen and oxygen atoms in total. The summed E-state index contributed by atoms with van der Waals surface area (Å²) in [6.45, 7) is 7.52. The molecule has 0 saturated carbocycles. The van der Waals surface area contributed by atoms with Gasteiger partial charge in [0.2, 0.25) is 0 Å². The van der Waals surface area contributed by atoms with Crippen molar-refractivity contribution in [3.05, 3.63) is 63.1 Å². The molecule has 0 radical (unpaired) electrons. The topological polar surface area (TPSA) is 26.4 Å². The molecule has 0 bridgehead atoms. The largest absolute Gasteiger partial charge is 0.737 e.